The highest BCUT2D eigenvalue weighted by molar-refractivity contribution is 14.0. The standard InChI is InChI=1S/C21H34N4O3S.HI/c1-3-23-21(25-17-6-5-7-19(14-17)29(27)4-2)24-13-12-16-8-10-18(11-9-16)28-15-20(22)26;/h8-11,17,19H,3-7,12-15H2,1-2H3,(H2,22,26)(H2,23,24,25);1H. The van der Waals surface area contributed by atoms with Crippen molar-refractivity contribution in [1.29, 1.82) is 0 Å². The number of hydrogen-bond acceptors (Lipinski definition) is 4. The second-order valence-electron chi connectivity index (χ2n) is 7.21. The highest BCUT2D eigenvalue weighted by Gasteiger charge is 2.25. The SMILES string of the molecule is CCNC(=NCCc1ccc(OCC(N)=O)cc1)NC1CCCC(S(=O)CC)C1.I. The predicted molar refractivity (Wildman–Crippen MR) is 134 cm³/mol. The summed E-state index contributed by atoms with van der Waals surface area (Å²) in [7, 11) is -0.725. The zero-order valence-electron chi connectivity index (χ0n) is 17.9. The van der Waals surface area contributed by atoms with Gasteiger partial charge in [-0.2, -0.15) is 0 Å². The van der Waals surface area contributed by atoms with E-state index in [9.17, 15) is 9.00 Å². The normalized spacial score (nSPS) is 20.0. The van der Waals surface area contributed by atoms with Gasteiger partial charge in [0, 0.05) is 40.9 Å². The van der Waals surface area contributed by atoms with Crippen LogP contribution in [-0.2, 0) is 22.0 Å². The van der Waals surface area contributed by atoms with Crippen molar-refractivity contribution in [2.75, 3.05) is 25.4 Å². The van der Waals surface area contributed by atoms with Crippen LogP contribution in [0.4, 0.5) is 0 Å². The zero-order chi connectivity index (χ0) is 21.1. The molecular formula is C21H35IN4O3S. The second-order valence-corrected chi connectivity index (χ2v) is 9.21. The summed E-state index contributed by atoms with van der Waals surface area (Å²) in [5, 5.41) is 7.13. The first kappa shape index (κ1) is 26.7. The first-order chi connectivity index (χ1) is 14.0. The largest absolute Gasteiger partial charge is 0.484 e. The minimum Gasteiger partial charge on any atom is -0.484 e. The van der Waals surface area contributed by atoms with Gasteiger partial charge in [0.25, 0.3) is 5.91 Å². The van der Waals surface area contributed by atoms with Crippen molar-refractivity contribution in [3.05, 3.63) is 29.8 Å². The summed E-state index contributed by atoms with van der Waals surface area (Å²) in [6.07, 6.45) is 5.01. The number of guanidine groups is 1. The number of halogens is 1. The second kappa shape index (κ2) is 14.6. The monoisotopic (exact) mass is 550 g/mol. The molecule has 1 aliphatic rings. The van der Waals surface area contributed by atoms with Crippen LogP contribution < -0.4 is 21.1 Å². The number of nitrogens with one attached hydrogen (secondary N) is 2. The van der Waals surface area contributed by atoms with Gasteiger partial charge in [-0.25, -0.2) is 0 Å². The molecule has 1 fully saturated rings. The topological polar surface area (TPSA) is 106 Å². The van der Waals surface area contributed by atoms with E-state index in [4.69, 9.17) is 15.5 Å². The number of amides is 1. The average molecular weight is 551 g/mol. The molecule has 170 valence electrons. The Morgan fingerprint density at radius 2 is 2.00 bits per heavy atom. The summed E-state index contributed by atoms with van der Waals surface area (Å²) in [6, 6.07) is 7.93. The van der Waals surface area contributed by atoms with Gasteiger partial charge in [-0.15, -0.1) is 24.0 Å². The number of carbonyl (C=O) groups excluding carboxylic acids is 1. The molecule has 7 nitrogen and oxygen atoms in total. The third kappa shape index (κ3) is 9.63. The van der Waals surface area contributed by atoms with E-state index in [-0.39, 0.29) is 30.6 Å². The first-order valence-corrected chi connectivity index (χ1v) is 11.8. The van der Waals surface area contributed by atoms with Crippen LogP contribution in [0, 0.1) is 0 Å². The molecule has 1 amide bonds. The van der Waals surface area contributed by atoms with Crippen molar-refractivity contribution in [1.82, 2.24) is 10.6 Å². The van der Waals surface area contributed by atoms with Crippen LogP contribution in [0.1, 0.15) is 45.1 Å². The summed E-state index contributed by atoms with van der Waals surface area (Å²) in [5.41, 5.74) is 6.23. The van der Waals surface area contributed by atoms with Crippen LogP contribution in [0.15, 0.2) is 29.3 Å². The lowest BCUT2D eigenvalue weighted by Crippen LogP contribution is -2.46. The number of nitrogens with zero attached hydrogens (tertiary/aromatic N) is 1. The lowest BCUT2D eigenvalue weighted by Gasteiger charge is -2.30. The Hall–Kier alpha value is -1.36. The summed E-state index contributed by atoms with van der Waals surface area (Å²) in [5.74, 6) is 1.69. The van der Waals surface area contributed by atoms with E-state index in [1.165, 1.54) is 0 Å². The molecular weight excluding hydrogens is 515 g/mol. The van der Waals surface area contributed by atoms with E-state index in [2.05, 4.69) is 17.6 Å². The Morgan fingerprint density at radius 1 is 1.27 bits per heavy atom. The Labute approximate surface area is 199 Å². The quantitative estimate of drug-likeness (QED) is 0.236. The smallest absolute Gasteiger partial charge is 0.255 e. The van der Waals surface area contributed by atoms with Crippen LogP contribution in [0.5, 0.6) is 5.75 Å². The Balaban J connectivity index is 0.00000450. The van der Waals surface area contributed by atoms with Gasteiger partial charge in [-0.3, -0.25) is 14.0 Å². The Kier molecular flexibility index (Phi) is 13.0. The highest BCUT2D eigenvalue weighted by Crippen LogP contribution is 2.23. The van der Waals surface area contributed by atoms with Crippen molar-refractivity contribution in [2.45, 2.75) is 57.2 Å². The third-order valence-electron chi connectivity index (χ3n) is 4.94. The molecule has 0 aromatic heterocycles. The van der Waals surface area contributed by atoms with Crippen molar-refractivity contribution >= 4 is 46.6 Å². The average Bonchev–Trinajstić information content (AvgIpc) is 2.73. The van der Waals surface area contributed by atoms with E-state index >= 15 is 0 Å². The number of hydrogen-bond donors (Lipinski definition) is 3. The number of aliphatic imine (C=N–C) groups is 1. The van der Waals surface area contributed by atoms with Crippen LogP contribution in [0.3, 0.4) is 0 Å². The molecule has 3 unspecified atom stereocenters. The Morgan fingerprint density at radius 3 is 2.63 bits per heavy atom. The van der Waals surface area contributed by atoms with Crippen molar-refractivity contribution in [3.8, 4) is 5.75 Å². The number of nitrogens with two attached hydrogens (primary N) is 1. The molecule has 0 bridgehead atoms. The molecule has 1 aromatic carbocycles. The lowest BCUT2D eigenvalue weighted by atomic mass is 9.95. The van der Waals surface area contributed by atoms with Gasteiger partial charge in [-0.05, 0) is 50.3 Å². The minimum absolute atomic E-state index is 0. The number of primary amides is 1. The van der Waals surface area contributed by atoms with Gasteiger partial charge in [0.05, 0.1) is 0 Å². The number of carbonyl (C=O) groups is 1. The zero-order valence-corrected chi connectivity index (χ0v) is 21.0. The molecule has 30 heavy (non-hydrogen) atoms. The maximum atomic E-state index is 12.2. The highest BCUT2D eigenvalue weighted by atomic mass is 127. The van der Waals surface area contributed by atoms with Gasteiger partial charge in [0.15, 0.2) is 12.6 Å². The Bertz CT molecular complexity index is 700. The molecule has 4 N–H and O–H groups in total. The summed E-state index contributed by atoms with van der Waals surface area (Å²) < 4.78 is 17.4. The van der Waals surface area contributed by atoms with Crippen molar-refractivity contribution < 1.29 is 13.7 Å². The molecule has 0 radical (unpaired) electrons. The minimum atomic E-state index is -0.725. The molecule has 1 aromatic rings. The first-order valence-electron chi connectivity index (χ1n) is 10.4. The lowest BCUT2D eigenvalue weighted by molar-refractivity contribution is -0.119. The van der Waals surface area contributed by atoms with E-state index in [1.54, 1.807) is 0 Å². The molecule has 0 aliphatic heterocycles. The van der Waals surface area contributed by atoms with Crippen LogP contribution >= 0.6 is 24.0 Å². The number of benzene rings is 1. The summed E-state index contributed by atoms with van der Waals surface area (Å²) in [6.45, 7) is 5.39. The fourth-order valence-electron chi connectivity index (χ4n) is 3.47. The van der Waals surface area contributed by atoms with Crippen molar-refractivity contribution in [3.63, 3.8) is 0 Å². The number of rotatable bonds is 10. The van der Waals surface area contributed by atoms with Gasteiger partial charge >= 0.3 is 0 Å². The van der Waals surface area contributed by atoms with Crippen molar-refractivity contribution in [2.24, 2.45) is 10.7 Å². The van der Waals surface area contributed by atoms with Crippen LogP contribution in [0.2, 0.25) is 0 Å². The van der Waals surface area contributed by atoms with Gasteiger partial charge in [0.1, 0.15) is 5.75 Å². The maximum Gasteiger partial charge on any atom is 0.255 e. The van der Waals surface area contributed by atoms with E-state index in [0.717, 1.165) is 55.9 Å². The number of ether oxygens (including phenoxy) is 1. The fourth-order valence-corrected chi connectivity index (χ4v) is 4.82. The molecule has 9 heteroatoms. The van der Waals surface area contributed by atoms with Gasteiger partial charge < -0.3 is 21.1 Å². The summed E-state index contributed by atoms with van der Waals surface area (Å²) in [4.78, 5) is 15.5. The van der Waals surface area contributed by atoms with Crippen LogP contribution in [-0.4, -0.2) is 52.8 Å². The molecule has 0 spiro atoms. The molecule has 3 atom stereocenters. The molecule has 1 aliphatic carbocycles. The van der Waals surface area contributed by atoms with Gasteiger partial charge in [-0.1, -0.05) is 25.5 Å². The van der Waals surface area contributed by atoms with E-state index in [1.807, 2.05) is 31.2 Å². The van der Waals surface area contributed by atoms with Crippen LogP contribution in [0.25, 0.3) is 0 Å². The fraction of sp³-hybridized carbons (Fsp3) is 0.619. The molecule has 0 heterocycles. The third-order valence-corrected chi connectivity index (χ3v) is 6.68. The molecule has 1 saturated carbocycles. The van der Waals surface area contributed by atoms with E-state index < -0.39 is 16.7 Å². The summed E-state index contributed by atoms with van der Waals surface area (Å²) >= 11 is 0. The predicted octanol–water partition coefficient (Wildman–Crippen LogP) is 2.35. The maximum absolute atomic E-state index is 12.2. The van der Waals surface area contributed by atoms with Gasteiger partial charge in [0.2, 0.25) is 0 Å². The van der Waals surface area contributed by atoms with E-state index in [0.29, 0.717) is 23.6 Å². The molecule has 0 saturated heterocycles. The molecule has 2 rings (SSSR count).